The Kier molecular flexibility index (Phi) is 4.79. The van der Waals surface area contributed by atoms with E-state index < -0.39 is 0 Å². The molecule has 3 nitrogen and oxygen atoms in total. The lowest BCUT2D eigenvalue weighted by Crippen LogP contribution is -2.47. The summed E-state index contributed by atoms with van der Waals surface area (Å²) in [5.41, 5.74) is 0. The first-order chi connectivity index (χ1) is 7.90. The summed E-state index contributed by atoms with van der Waals surface area (Å²) in [6.45, 7) is 2.14. The van der Waals surface area contributed by atoms with Gasteiger partial charge in [-0.3, -0.25) is 0 Å². The molecule has 0 unspecified atom stereocenters. The molecule has 2 aliphatic rings. The van der Waals surface area contributed by atoms with Crippen molar-refractivity contribution in [2.45, 2.75) is 57.0 Å². The van der Waals surface area contributed by atoms with Gasteiger partial charge in [0.25, 0.3) is 0 Å². The number of carbonyl (C=O) groups is 1. The Labute approximate surface area is 98.4 Å². The maximum Gasteiger partial charge on any atom is 0.137 e. The van der Waals surface area contributed by atoms with Gasteiger partial charge in [0.1, 0.15) is 6.29 Å². The van der Waals surface area contributed by atoms with Gasteiger partial charge in [0.15, 0.2) is 0 Å². The number of hydrogen-bond donors (Lipinski definition) is 2. The van der Waals surface area contributed by atoms with E-state index in [9.17, 15) is 4.79 Å². The summed E-state index contributed by atoms with van der Waals surface area (Å²) in [5.74, 6) is 0.556. The lowest BCUT2D eigenvalue weighted by Gasteiger charge is -2.32. The summed E-state index contributed by atoms with van der Waals surface area (Å²) in [6.07, 6.45) is 9.98. The third-order valence-corrected chi connectivity index (χ3v) is 4.07. The second-order valence-electron chi connectivity index (χ2n) is 5.25. The first-order valence-electron chi connectivity index (χ1n) is 6.82. The van der Waals surface area contributed by atoms with Gasteiger partial charge in [-0.2, -0.15) is 0 Å². The predicted octanol–water partition coefficient (Wildman–Crippen LogP) is 1.48. The standard InChI is InChI=1S/C13H24N2O/c16-10-13(11-6-8-14-9-7-11)15-12-4-2-1-3-5-12/h10-15H,1-9H2/t13-/m0/s1. The van der Waals surface area contributed by atoms with Crippen molar-refractivity contribution in [2.24, 2.45) is 5.92 Å². The highest BCUT2D eigenvalue weighted by molar-refractivity contribution is 5.58. The maximum atomic E-state index is 11.2. The molecule has 1 aliphatic carbocycles. The fourth-order valence-corrected chi connectivity index (χ4v) is 3.03. The van der Waals surface area contributed by atoms with E-state index >= 15 is 0 Å². The molecule has 1 aliphatic heterocycles. The van der Waals surface area contributed by atoms with Crippen molar-refractivity contribution < 1.29 is 4.79 Å². The predicted molar refractivity (Wildman–Crippen MR) is 65.5 cm³/mol. The highest BCUT2D eigenvalue weighted by Crippen LogP contribution is 2.21. The van der Waals surface area contributed by atoms with E-state index in [1.54, 1.807) is 0 Å². The third-order valence-electron chi connectivity index (χ3n) is 4.07. The maximum absolute atomic E-state index is 11.2. The Morgan fingerprint density at radius 1 is 1.06 bits per heavy atom. The number of carbonyl (C=O) groups excluding carboxylic acids is 1. The smallest absolute Gasteiger partial charge is 0.137 e. The Morgan fingerprint density at radius 3 is 2.38 bits per heavy atom. The Balaban J connectivity index is 1.81. The van der Waals surface area contributed by atoms with Crippen LogP contribution in [0.15, 0.2) is 0 Å². The Morgan fingerprint density at radius 2 is 1.75 bits per heavy atom. The first-order valence-corrected chi connectivity index (χ1v) is 6.82. The van der Waals surface area contributed by atoms with Gasteiger partial charge in [0.2, 0.25) is 0 Å². The van der Waals surface area contributed by atoms with E-state index in [1.165, 1.54) is 32.1 Å². The molecule has 0 amide bonds. The van der Waals surface area contributed by atoms with E-state index in [2.05, 4.69) is 10.6 Å². The van der Waals surface area contributed by atoms with Crippen molar-refractivity contribution in [2.75, 3.05) is 13.1 Å². The van der Waals surface area contributed by atoms with Gasteiger partial charge in [-0.25, -0.2) is 0 Å². The molecule has 3 heteroatoms. The Hall–Kier alpha value is -0.410. The molecule has 16 heavy (non-hydrogen) atoms. The zero-order valence-corrected chi connectivity index (χ0v) is 10.1. The van der Waals surface area contributed by atoms with E-state index in [-0.39, 0.29) is 6.04 Å². The summed E-state index contributed by atoms with van der Waals surface area (Å²) in [6, 6.07) is 0.698. The molecular weight excluding hydrogens is 200 g/mol. The second-order valence-corrected chi connectivity index (χ2v) is 5.25. The van der Waals surface area contributed by atoms with Crippen LogP contribution in [0.2, 0.25) is 0 Å². The third kappa shape index (κ3) is 3.29. The zero-order valence-electron chi connectivity index (χ0n) is 10.1. The average Bonchev–Trinajstić information content (AvgIpc) is 2.38. The highest BCUT2D eigenvalue weighted by Gasteiger charge is 2.25. The molecule has 1 atom stereocenters. The summed E-state index contributed by atoms with van der Waals surface area (Å²) in [5, 5.41) is 6.93. The second kappa shape index (κ2) is 6.36. The molecule has 92 valence electrons. The lowest BCUT2D eigenvalue weighted by atomic mass is 9.88. The van der Waals surface area contributed by atoms with Crippen LogP contribution in [0.5, 0.6) is 0 Å². The molecule has 1 saturated carbocycles. The number of piperidine rings is 1. The molecule has 0 spiro atoms. The summed E-state index contributed by atoms with van der Waals surface area (Å²) in [4.78, 5) is 11.2. The van der Waals surface area contributed by atoms with Crippen molar-refractivity contribution >= 4 is 6.29 Å². The van der Waals surface area contributed by atoms with Crippen molar-refractivity contribution in [3.05, 3.63) is 0 Å². The molecule has 0 aromatic rings. The van der Waals surface area contributed by atoms with E-state index in [0.29, 0.717) is 12.0 Å². The van der Waals surface area contributed by atoms with Crippen LogP contribution in [-0.4, -0.2) is 31.5 Å². The molecule has 2 fully saturated rings. The number of rotatable bonds is 4. The van der Waals surface area contributed by atoms with Crippen molar-refractivity contribution in [3.63, 3.8) is 0 Å². The molecule has 2 N–H and O–H groups in total. The van der Waals surface area contributed by atoms with Gasteiger partial charge in [0, 0.05) is 6.04 Å². The molecular formula is C13H24N2O. The molecule has 0 aromatic heterocycles. The minimum absolute atomic E-state index is 0.102. The number of nitrogens with one attached hydrogen (secondary N) is 2. The number of aldehydes is 1. The minimum Gasteiger partial charge on any atom is -0.317 e. The van der Waals surface area contributed by atoms with Gasteiger partial charge < -0.3 is 15.4 Å². The van der Waals surface area contributed by atoms with Crippen molar-refractivity contribution in [3.8, 4) is 0 Å². The van der Waals surface area contributed by atoms with Crippen LogP contribution in [0.1, 0.15) is 44.9 Å². The van der Waals surface area contributed by atoms with Gasteiger partial charge in [-0.05, 0) is 44.7 Å². The van der Waals surface area contributed by atoms with Gasteiger partial charge in [-0.15, -0.1) is 0 Å². The monoisotopic (exact) mass is 224 g/mol. The van der Waals surface area contributed by atoms with Crippen LogP contribution in [0, 0.1) is 5.92 Å². The average molecular weight is 224 g/mol. The largest absolute Gasteiger partial charge is 0.317 e. The Bertz CT molecular complexity index is 208. The van der Waals surface area contributed by atoms with E-state index in [1.807, 2.05) is 0 Å². The quantitative estimate of drug-likeness (QED) is 0.711. The van der Waals surface area contributed by atoms with Crippen LogP contribution in [0.4, 0.5) is 0 Å². The van der Waals surface area contributed by atoms with Crippen molar-refractivity contribution in [1.82, 2.24) is 10.6 Å². The van der Waals surface area contributed by atoms with Gasteiger partial charge in [0.05, 0.1) is 6.04 Å². The van der Waals surface area contributed by atoms with Crippen LogP contribution >= 0.6 is 0 Å². The topological polar surface area (TPSA) is 41.1 Å². The SMILES string of the molecule is O=C[C@H](NC1CCCCC1)C1CCNCC1. The van der Waals surface area contributed by atoms with Crippen LogP contribution in [0.25, 0.3) is 0 Å². The van der Waals surface area contributed by atoms with Crippen molar-refractivity contribution in [1.29, 1.82) is 0 Å². The van der Waals surface area contributed by atoms with E-state index in [4.69, 9.17) is 0 Å². The normalized spacial score (nSPS) is 26.5. The first kappa shape index (κ1) is 12.1. The highest BCUT2D eigenvalue weighted by atomic mass is 16.1. The summed E-state index contributed by atoms with van der Waals surface area (Å²) in [7, 11) is 0. The van der Waals surface area contributed by atoms with Crippen LogP contribution in [-0.2, 0) is 4.79 Å². The minimum atomic E-state index is 0.102. The lowest BCUT2D eigenvalue weighted by molar-refractivity contribution is -0.111. The van der Waals surface area contributed by atoms with Crippen LogP contribution < -0.4 is 10.6 Å². The summed E-state index contributed by atoms with van der Waals surface area (Å²) < 4.78 is 0. The fourth-order valence-electron chi connectivity index (χ4n) is 3.03. The summed E-state index contributed by atoms with van der Waals surface area (Å²) >= 11 is 0. The molecule has 0 bridgehead atoms. The van der Waals surface area contributed by atoms with Gasteiger partial charge in [-0.1, -0.05) is 19.3 Å². The van der Waals surface area contributed by atoms with Gasteiger partial charge >= 0.3 is 0 Å². The molecule has 1 heterocycles. The molecule has 0 radical (unpaired) electrons. The van der Waals surface area contributed by atoms with Crippen LogP contribution in [0.3, 0.4) is 0 Å². The molecule has 1 saturated heterocycles. The number of hydrogen-bond acceptors (Lipinski definition) is 3. The zero-order chi connectivity index (χ0) is 11.2. The molecule has 0 aromatic carbocycles. The molecule has 2 rings (SSSR count). The van der Waals surface area contributed by atoms with E-state index in [0.717, 1.165) is 32.2 Å². The fraction of sp³-hybridized carbons (Fsp3) is 0.923.